The summed E-state index contributed by atoms with van der Waals surface area (Å²) in [6.45, 7) is 3.89. The van der Waals surface area contributed by atoms with E-state index < -0.39 is 29.9 Å². The van der Waals surface area contributed by atoms with E-state index in [9.17, 15) is 19.5 Å². The molecule has 0 fully saturated rings. The van der Waals surface area contributed by atoms with E-state index in [4.69, 9.17) is 22.1 Å². The number of nitrogens with one attached hydrogen (secondary N) is 2. The summed E-state index contributed by atoms with van der Waals surface area (Å²) in [7, 11) is 0. The van der Waals surface area contributed by atoms with E-state index >= 15 is 0 Å². The quantitative estimate of drug-likeness (QED) is 0.231. The Balaban J connectivity index is 1.77. The summed E-state index contributed by atoms with van der Waals surface area (Å²) < 4.78 is 5.92. The molecule has 3 aromatic rings. The van der Waals surface area contributed by atoms with Crippen LogP contribution in [-0.4, -0.2) is 47.6 Å². The predicted molar refractivity (Wildman–Crippen MR) is 155 cm³/mol. The number of carboxylic acid groups (broad SMARTS) is 1. The van der Waals surface area contributed by atoms with Gasteiger partial charge in [-0.1, -0.05) is 86.1 Å². The van der Waals surface area contributed by atoms with E-state index in [1.54, 1.807) is 6.07 Å². The summed E-state index contributed by atoms with van der Waals surface area (Å²) in [6.07, 6.45) is 1.01. The first-order valence-corrected chi connectivity index (χ1v) is 13.6. The van der Waals surface area contributed by atoms with E-state index in [1.807, 2.05) is 74.5 Å². The molecule has 0 heterocycles. The van der Waals surface area contributed by atoms with Gasteiger partial charge < -0.3 is 26.2 Å². The summed E-state index contributed by atoms with van der Waals surface area (Å²) in [5.74, 6) is -2.00. The SMILES string of the molecule is CC(C)C[C@H](NC(=O)[C@H](Cc1ccccc1)NC(=O)c1ccc(Cl)cc1OC[C@H](N)Cc1ccccc1)C(=O)O. The number of hydrogen-bond acceptors (Lipinski definition) is 5. The molecule has 0 spiro atoms. The Morgan fingerprint density at radius 3 is 2.05 bits per heavy atom. The Morgan fingerprint density at radius 2 is 1.48 bits per heavy atom. The number of halogens is 1. The van der Waals surface area contributed by atoms with Crippen LogP contribution in [0.15, 0.2) is 78.9 Å². The van der Waals surface area contributed by atoms with Gasteiger partial charge in [-0.15, -0.1) is 0 Å². The van der Waals surface area contributed by atoms with Crippen LogP contribution in [0.2, 0.25) is 5.02 Å². The molecule has 2 amide bonds. The van der Waals surface area contributed by atoms with Gasteiger partial charge in [-0.25, -0.2) is 4.79 Å². The van der Waals surface area contributed by atoms with Crippen LogP contribution in [0.1, 0.15) is 41.8 Å². The zero-order chi connectivity index (χ0) is 29.1. The maximum Gasteiger partial charge on any atom is 0.326 e. The zero-order valence-corrected chi connectivity index (χ0v) is 23.4. The molecule has 0 aliphatic carbocycles. The third-order valence-corrected chi connectivity index (χ3v) is 6.44. The van der Waals surface area contributed by atoms with E-state index in [0.29, 0.717) is 11.4 Å². The molecule has 0 aliphatic rings. The highest BCUT2D eigenvalue weighted by Crippen LogP contribution is 2.24. The molecule has 8 nitrogen and oxygen atoms in total. The van der Waals surface area contributed by atoms with Gasteiger partial charge in [0.2, 0.25) is 5.91 Å². The zero-order valence-electron chi connectivity index (χ0n) is 22.7. The lowest BCUT2D eigenvalue weighted by molar-refractivity contribution is -0.142. The Labute approximate surface area is 239 Å². The number of amides is 2. The van der Waals surface area contributed by atoms with Crippen molar-refractivity contribution in [1.29, 1.82) is 0 Å². The number of carbonyl (C=O) groups excluding carboxylic acids is 2. The Bertz CT molecular complexity index is 1270. The molecule has 0 aliphatic heterocycles. The molecule has 9 heteroatoms. The van der Waals surface area contributed by atoms with Crippen LogP contribution in [0.4, 0.5) is 0 Å². The summed E-state index contributed by atoms with van der Waals surface area (Å²) >= 11 is 6.20. The summed E-state index contributed by atoms with van der Waals surface area (Å²) in [5, 5.41) is 15.4. The number of hydrogen-bond donors (Lipinski definition) is 4. The highest BCUT2D eigenvalue weighted by atomic mass is 35.5. The highest BCUT2D eigenvalue weighted by molar-refractivity contribution is 6.30. The van der Waals surface area contributed by atoms with Crippen LogP contribution in [-0.2, 0) is 22.4 Å². The van der Waals surface area contributed by atoms with Crippen molar-refractivity contribution in [2.24, 2.45) is 11.7 Å². The molecule has 3 rings (SSSR count). The first kappa shape index (κ1) is 30.7. The summed E-state index contributed by atoms with van der Waals surface area (Å²) in [5.41, 5.74) is 8.32. The minimum atomic E-state index is -1.13. The molecule has 212 valence electrons. The Kier molecular flexibility index (Phi) is 11.5. The van der Waals surface area contributed by atoms with Crippen LogP contribution < -0.4 is 21.1 Å². The third-order valence-electron chi connectivity index (χ3n) is 6.21. The van der Waals surface area contributed by atoms with Crippen molar-refractivity contribution in [2.45, 2.75) is 51.2 Å². The second-order valence-electron chi connectivity index (χ2n) is 10.1. The molecule has 0 unspecified atom stereocenters. The Morgan fingerprint density at radius 1 is 0.875 bits per heavy atom. The van der Waals surface area contributed by atoms with Gasteiger partial charge in [-0.2, -0.15) is 0 Å². The van der Waals surface area contributed by atoms with Gasteiger partial charge in [0, 0.05) is 17.5 Å². The van der Waals surface area contributed by atoms with Crippen LogP contribution in [0, 0.1) is 5.92 Å². The fourth-order valence-corrected chi connectivity index (χ4v) is 4.40. The number of carboxylic acids is 1. The molecule has 3 aromatic carbocycles. The predicted octanol–water partition coefficient (Wildman–Crippen LogP) is 4.25. The first-order valence-electron chi connectivity index (χ1n) is 13.2. The lowest BCUT2D eigenvalue weighted by Crippen LogP contribution is -2.52. The Hall–Kier alpha value is -3.88. The van der Waals surface area contributed by atoms with E-state index in [1.165, 1.54) is 12.1 Å². The van der Waals surface area contributed by atoms with Crippen molar-refractivity contribution >= 4 is 29.4 Å². The maximum atomic E-state index is 13.5. The lowest BCUT2D eigenvalue weighted by atomic mass is 10.0. The number of benzene rings is 3. The largest absolute Gasteiger partial charge is 0.491 e. The minimum absolute atomic E-state index is 0.0469. The van der Waals surface area contributed by atoms with Crippen molar-refractivity contribution in [3.8, 4) is 5.75 Å². The third kappa shape index (κ3) is 9.70. The second-order valence-corrected chi connectivity index (χ2v) is 10.6. The van der Waals surface area contributed by atoms with Crippen molar-refractivity contribution in [3.05, 3.63) is 101 Å². The second kappa shape index (κ2) is 15.1. The lowest BCUT2D eigenvalue weighted by Gasteiger charge is -2.23. The topological polar surface area (TPSA) is 131 Å². The number of rotatable bonds is 14. The standard InChI is InChI=1S/C31H36ClN3O5/c1-20(2)15-27(31(38)39)35-30(37)26(17-22-11-7-4-8-12-22)34-29(36)25-14-13-23(32)18-28(25)40-19-24(33)16-21-9-5-3-6-10-21/h3-14,18,20,24,26-27H,15-17,19,33H2,1-2H3,(H,34,36)(H,35,37)(H,38,39)/t24-,26+,27+/m1/s1. The number of ether oxygens (including phenoxy) is 1. The molecule has 0 bridgehead atoms. The molecular formula is C31H36ClN3O5. The minimum Gasteiger partial charge on any atom is -0.491 e. The van der Waals surface area contributed by atoms with Crippen LogP contribution >= 0.6 is 11.6 Å². The smallest absolute Gasteiger partial charge is 0.326 e. The van der Waals surface area contributed by atoms with E-state index in [0.717, 1.165) is 11.1 Å². The van der Waals surface area contributed by atoms with Crippen molar-refractivity contribution < 1.29 is 24.2 Å². The molecule has 5 N–H and O–H groups in total. The van der Waals surface area contributed by atoms with Gasteiger partial charge >= 0.3 is 5.97 Å². The van der Waals surface area contributed by atoms with Gasteiger partial charge in [0.1, 0.15) is 24.4 Å². The molecular weight excluding hydrogens is 530 g/mol. The molecule has 3 atom stereocenters. The fraction of sp³-hybridized carbons (Fsp3) is 0.323. The highest BCUT2D eigenvalue weighted by Gasteiger charge is 2.28. The van der Waals surface area contributed by atoms with Gasteiger partial charge in [0.15, 0.2) is 0 Å². The number of aliphatic carboxylic acids is 1. The maximum absolute atomic E-state index is 13.5. The monoisotopic (exact) mass is 565 g/mol. The van der Waals surface area contributed by atoms with Crippen molar-refractivity contribution in [1.82, 2.24) is 10.6 Å². The van der Waals surface area contributed by atoms with E-state index in [2.05, 4.69) is 10.6 Å². The van der Waals surface area contributed by atoms with Crippen LogP contribution in [0.5, 0.6) is 5.75 Å². The molecule has 0 aromatic heterocycles. The first-order chi connectivity index (χ1) is 19.1. The van der Waals surface area contributed by atoms with Crippen molar-refractivity contribution in [2.75, 3.05) is 6.61 Å². The average molecular weight is 566 g/mol. The van der Waals surface area contributed by atoms with Crippen molar-refractivity contribution in [3.63, 3.8) is 0 Å². The van der Waals surface area contributed by atoms with Crippen LogP contribution in [0.25, 0.3) is 0 Å². The van der Waals surface area contributed by atoms with E-state index in [-0.39, 0.29) is 42.7 Å². The average Bonchev–Trinajstić information content (AvgIpc) is 2.92. The fourth-order valence-electron chi connectivity index (χ4n) is 4.24. The van der Waals surface area contributed by atoms with Gasteiger partial charge in [0.05, 0.1) is 5.56 Å². The number of nitrogens with two attached hydrogens (primary N) is 1. The number of carbonyl (C=O) groups is 3. The molecule has 0 radical (unpaired) electrons. The van der Waals surface area contributed by atoms with Gasteiger partial charge in [-0.05, 0) is 48.1 Å². The normalized spacial score (nSPS) is 13.2. The molecule has 0 saturated heterocycles. The van der Waals surface area contributed by atoms with Gasteiger partial charge in [0.25, 0.3) is 5.91 Å². The van der Waals surface area contributed by atoms with Gasteiger partial charge in [-0.3, -0.25) is 9.59 Å². The molecule has 0 saturated carbocycles. The summed E-state index contributed by atoms with van der Waals surface area (Å²) in [4.78, 5) is 38.5. The molecule has 40 heavy (non-hydrogen) atoms. The summed E-state index contributed by atoms with van der Waals surface area (Å²) in [6, 6.07) is 21.1. The van der Waals surface area contributed by atoms with Crippen LogP contribution in [0.3, 0.4) is 0 Å².